The van der Waals surface area contributed by atoms with Crippen molar-refractivity contribution in [3.63, 3.8) is 0 Å². The number of nitrogens with one attached hydrogen (secondary N) is 1. The molecule has 1 aromatic rings. The molecule has 0 aliphatic carbocycles. The van der Waals surface area contributed by atoms with Gasteiger partial charge in [0.15, 0.2) is 0 Å². The Kier molecular flexibility index (Phi) is 13.9. The van der Waals surface area contributed by atoms with E-state index in [4.69, 9.17) is 0 Å². The fourth-order valence-electron chi connectivity index (χ4n) is 2.96. The van der Waals surface area contributed by atoms with Gasteiger partial charge in [0.25, 0.3) is 0 Å². The maximum Gasteiger partial charge on any atom is 0.247 e. The highest BCUT2D eigenvalue weighted by atomic mass is 16.1. The van der Waals surface area contributed by atoms with Gasteiger partial charge in [-0.25, -0.2) is 0 Å². The van der Waals surface area contributed by atoms with Crippen LogP contribution in [0.4, 0.5) is 11.4 Å². The van der Waals surface area contributed by atoms with Crippen LogP contribution < -0.4 is 5.32 Å². The number of amides is 1. The minimum Gasteiger partial charge on any atom is -0.323 e. The Hall–Kier alpha value is -1.97. The van der Waals surface area contributed by atoms with Crippen LogP contribution in [0.3, 0.4) is 0 Å². The van der Waals surface area contributed by atoms with E-state index in [0.717, 1.165) is 24.3 Å². The summed E-state index contributed by atoms with van der Waals surface area (Å²) in [4.78, 5) is 11.2. The number of benzene rings is 1. The summed E-state index contributed by atoms with van der Waals surface area (Å²) in [6.07, 6.45) is 17.4. The van der Waals surface area contributed by atoms with E-state index < -0.39 is 0 Å². The molecule has 0 fully saturated rings. The number of carbonyl (C=O) groups excluding carboxylic acids is 1. The Morgan fingerprint density at radius 1 is 0.889 bits per heavy atom. The van der Waals surface area contributed by atoms with Crippen LogP contribution in [0, 0.1) is 0 Å². The molecule has 0 unspecified atom stereocenters. The molecule has 150 valence electrons. The molecular formula is C23H37N3O. The van der Waals surface area contributed by atoms with Crippen molar-refractivity contribution in [1.29, 1.82) is 0 Å². The molecule has 0 atom stereocenters. The molecule has 4 nitrogen and oxygen atoms in total. The number of azo groups is 1. The Balaban J connectivity index is 1.97. The lowest BCUT2D eigenvalue weighted by molar-refractivity contribution is -0.111. The molecule has 0 spiro atoms. The molecule has 0 aromatic heterocycles. The first-order chi connectivity index (χ1) is 13.3. The Labute approximate surface area is 165 Å². The lowest BCUT2D eigenvalue weighted by Gasteiger charge is -2.02. The maximum atomic E-state index is 11.2. The lowest BCUT2D eigenvalue weighted by Crippen LogP contribution is -2.06. The molecule has 0 aliphatic heterocycles. The summed E-state index contributed by atoms with van der Waals surface area (Å²) in [5, 5.41) is 11.2. The molecule has 0 bridgehead atoms. The molecule has 0 aliphatic rings. The molecule has 1 rings (SSSR count). The highest BCUT2D eigenvalue weighted by Crippen LogP contribution is 2.17. The number of nitrogens with zero attached hydrogens (tertiary/aromatic N) is 2. The molecule has 0 saturated carbocycles. The van der Waals surface area contributed by atoms with Gasteiger partial charge in [-0.3, -0.25) is 4.79 Å². The van der Waals surface area contributed by atoms with Gasteiger partial charge in [-0.15, -0.1) is 0 Å². The highest BCUT2D eigenvalue weighted by Gasteiger charge is 1.97. The zero-order valence-corrected chi connectivity index (χ0v) is 17.1. The largest absolute Gasteiger partial charge is 0.323 e. The first kappa shape index (κ1) is 23.1. The average Bonchev–Trinajstić information content (AvgIpc) is 2.69. The second-order valence-electron chi connectivity index (χ2n) is 7.09. The summed E-state index contributed by atoms with van der Waals surface area (Å²) in [6.45, 7) is 6.48. The third-order valence-corrected chi connectivity index (χ3v) is 4.62. The van der Waals surface area contributed by atoms with Gasteiger partial charge >= 0.3 is 0 Å². The van der Waals surface area contributed by atoms with E-state index in [9.17, 15) is 4.79 Å². The van der Waals surface area contributed by atoms with E-state index in [0.29, 0.717) is 0 Å². The zero-order valence-electron chi connectivity index (χ0n) is 17.1. The predicted molar refractivity (Wildman–Crippen MR) is 116 cm³/mol. The van der Waals surface area contributed by atoms with Crippen molar-refractivity contribution >= 4 is 17.3 Å². The Morgan fingerprint density at radius 3 is 1.93 bits per heavy atom. The van der Waals surface area contributed by atoms with Gasteiger partial charge in [-0.1, -0.05) is 84.1 Å². The minimum absolute atomic E-state index is 0.212. The molecule has 1 amide bonds. The number of hydrogen-bond donors (Lipinski definition) is 1. The van der Waals surface area contributed by atoms with Crippen LogP contribution in [-0.4, -0.2) is 12.5 Å². The van der Waals surface area contributed by atoms with E-state index in [2.05, 4.69) is 29.0 Å². The quantitative estimate of drug-likeness (QED) is 0.181. The lowest BCUT2D eigenvalue weighted by atomic mass is 10.1. The minimum atomic E-state index is -0.212. The zero-order chi connectivity index (χ0) is 19.6. The summed E-state index contributed by atoms with van der Waals surface area (Å²) < 4.78 is 0. The van der Waals surface area contributed by atoms with Gasteiger partial charge < -0.3 is 5.32 Å². The van der Waals surface area contributed by atoms with E-state index >= 15 is 0 Å². The summed E-state index contributed by atoms with van der Waals surface area (Å²) in [7, 11) is 0. The fourth-order valence-corrected chi connectivity index (χ4v) is 2.96. The van der Waals surface area contributed by atoms with Crippen molar-refractivity contribution in [3.05, 3.63) is 36.9 Å². The van der Waals surface area contributed by atoms with E-state index in [-0.39, 0.29) is 5.91 Å². The monoisotopic (exact) mass is 371 g/mol. The molecule has 27 heavy (non-hydrogen) atoms. The van der Waals surface area contributed by atoms with E-state index in [1.54, 1.807) is 0 Å². The molecule has 4 heteroatoms. The van der Waals surface area contributed by atoms with Crippen LogP contribution >= 0.6 is 0 Å². The third-order valence-electron chi connectivity index (χ3n) is 4.62. The fraction of sp³-hybridized carbons (Fsp3) is 0.609. The molecule has 0 radical (unpaired) electrons. The van der Waals surface area contributed by atoms with Crippen molar-refractivity contribution < 1.29 is 4.79 Å². The van der Waals surface area contributed by atoms with Gasteiger partial charge in [0.1, 0.15) is 0 Å². The van der Waals surface area contributed by atoms with E-state index in [1.807, 2.05) is 24.3 Å². The molecule has 0 saturated heterocycles. The van der Waals surface area contributed by atoms with Crippen molar-refractivity contribution in [2.45, 2.75) is 84.0 Å². The van der Waals surface area contributed by atoms with Gasteiger partial charge in [0, 0.05) is 5.69 Å². The average molecular weight is 372 g/mol. The van der Waals surface area contributed by atoms with Crippen LogP contribution in [0.15, 0.2) is 47.1 Å². The molecule has 1 aromatic carbocycles. The van der Waals surface area contributed by atoms with Crippen molar-refractivity contribution in [2.24, 2.45) is 10.2 Å². The summed E-state index contributed by atoms with van der Waals surface area (Å²) in [5.74, 6) is -0.212. The van der Waals surface area contributed by atoms with Gasteiger partial charge in [-0.2, -0.15) is 10.2 Å². The van der Waals surface area contributed by atoms with E-state index in [1.165, 1.54) is 76.7 Å². The maximum absolute atomic E-state index is 11.2. The normalized spacial score (nSPS) is 11.0. The second-order valence-corrected chi connectivity index (χ2v) is 7.09. The first-order valence-electron chi connectivity index (χ1n) is 10.7. The van der Waals surface area contributed by atoms with Gasteiger partial charge in [0.2, 0.25) is 5.91 Å². The van der Waals surface area contributed by atoms with Crippen molar-refractivity contribution in [2.75, 3.05) is 11.9 Å². The SMILES string of the molecule is C=CC(=O)Nc1ccc(N=NCCCCCCCCCCCCCC)cc1. The number of carbonyl (C=O) groups is 1. The van der Waals surface area contributed by atoms with Crippen LogP contribution in [0.1, 0.15) is 84.0 Å². The van der Waals surface area contributed by atoms with Crippen LogP contribution in [0.5, 0.6) is 0 Å². The Bertz CT molecular complexity index is 537. The Morgan fingerprint density at radius 2 is 1.41 bits per heavy atom. The standard InChI is InChI=1S/C23H37N3O/c1-3-5-6-7-8-9-10-11-12-13-14-15-20-24-26-22-18-16-21(17-19-22)25-23(27)4-2/h4,16-19H,2-3,5-15,20H2,1H3,(H,25,27). The summed E-state index contributed by atoms with van der Waals surface area (Å²) in [5.41, 5.74) is 1.55. The highest BCUT2D eigenvalue weighted by molar-refractivity contribution is 5.98. The van der Waals surface area contributed by atoms with Crippen molar-refractivity contribution in [1.82, 2.24) is 0 Å². The summed E-state index contributed by atoms with van der Waals surface area (Å²) >= 11 is 0. The van der Waals surface area contributed by atoms with Gasteiger partial charge in [0.05, 0.1) is 12.2 Å². The number of hydrogen-bond acceptors (Lipinski definition) is 3. The number of unbranched alkanes of at least 4 members (excludes halogenated alkanes) is 11. The third kappa shape index (κ3) is 12.9. The molecule has 0 heterocycles. The molecule has 1 N–H and O–H groups in total. The smallest absolute Gasteiger partial charge is 0.247 e. The second kappa shape index (κ2) is 16.2. The predicted octanol–water partition coefficient (Wildman–Crippen LogP) is 7.60. The topological polar surface area (TPSA) is 53.8 Å². The van der Waals surface area contributed by atoms with Gasteiger partial charge in [-0.05, 0) is 36.8 Å². The number of rotatable bonds is 16. The molecular weight excluding hydrogens is 334 g/mol. The summed E-state index contributed by atoms with van der Waals surface area (Å²) in [6, 6.07) is 7.34. The van der Waals surface area contributed by atoms with Crippen LogP contribution in [-0.2, 0) is 4.79 Å². The number of anilines is 1. The van der Waals surface area contributed by atoms with Crippen LogP contribution in [0.25, 0.3) is 0 Å². The van der Waals surface area contributed by atoms with Crippen molar-refractivity contribution in [3.8, 4) is 0 Å². The van der Waals surface area contributed by atoms with Crippen LogP contribution in [0.2, 0.25) is 0 Å². The first-order valence-corrected chi connectivity index (χ1v) is 10.7.